The Morgan fingerprint density at radius 3 is 2.89 bits per heavy atom. The predicted octanol–water partition coefficient (Wildman–Crippen LogP) is 1.52. The molecule has 5 heteroatoms. The third-order valence-corrected chi connectivity index (χ3v) is 3.46. The number of hydrogen-bond acceptors (Lipinski definition) is 3. The van der Waals surface area contributed by atoms with E-state index >= 15 is 0 Å². The van der Waals surface area contributed by atoms with E-state index in [1.54, 1.807) is 0 Å². The first kappa shape index (κ1) is 11.9. The molecule has 1 N–H and O–H groups in total. The van der Waals surface area contributed by atoms with Crippen molar-refractivity contribution in [3.8, 4) is 0 Å². The monoisotopic (exact) mass is 257 g/mol. The van der Waals surface area contributed by atoms with Gasteiger partial charge in [-0.2, -0.15) is 5.10 Å². The molecule has 1 unspecified atom stereocenters. The standard InChI is InChI=1S/C14H15N3O2/c18-14(19)11-6-7-17-13(9-11)15-12(16-17)8-10-4-2-1-3-5-10/h1-5,11H,6-9H2,(H,18,19). The lowest BCUT2D eigenvalue weighted by Crippen LogP contribution is -2.26. The molecule has 0 saturated heterocycles. The molecule has 2 aromatic rings. The quantitative estimate of drug-likeness (QED) is 0.905. The lowest BCUT2D eigenvalue weighted by atomic mass is 9.98. The molecule has 0 amide bonds. The molecule has 0 aliphatic carbocycles. The molecule has 0 bridgehead atoms. The fourth-order valence-corrected chi connectivity index (χ4v) is 2.42. The predicted molar refractivity (Wildman–Crippen MR) is 68.7 cm³/mol. The molecule has 3 rings (SSSR count). The van der Waals surface area contributed by atoms with Gasteiger partial charge in [-0.25, -0.2) is 9.67 Å². The molecular formula is C14H15N3O2. The Labute approximate surface area is 110 Å². The smallest absolute Gasteiger partial charge is 0.307 e. The lowest BCUT2D eigenvalue weighted by Gasteiger charge is -2.17. The van der Waals surface area contributed by atoms with Crippen LogP contribution in [-0.4, -0.2) is 25.8 Å². The first-order valence-corrected chi connectivity index (χ1v) is 6.41. The van der Waals surface area contributed by atoms with Crippen molar-refractivity contribution in [1.82, 2.24) is 14.8 Å². The number of aliphatic carboxylic acids is 1. The highest BCUT2D eigenvalue weighted by molar-refractivity contribution is 5.70. The summed E-state index contributed by atoms with van der Waals surface area (Å²) in [7, 11) is 0. The Morgan fingerprint density at radius 1 is 1.37 bits per heavy atom. The van der Waals surface area contributed by atoms with Crippen molar-refractivity contribution in [2.24, 2.45) is 5.92 Å². The van der Waals surface area contributed by atoms with Gasteiger partial charge in [-0.3, -0.25) is 4.79 Å². The number of carboxylic acids is 1. The molecule has 1 aliphatic heterocycles. The summed E-state index contributed by atoms with van der Waals surface area (Å²) in [6.45, 7) is 0.647. The summed E-state index contributed by atoms with van der Waals surface area (Å²) >= 11 is 0. The summed E-state index contributed by atoms with van der Waals surface area (Å²) in [5.74, 6) is 0.511. The van der Waals surface area contributed by atoms with Crippen molar-refractivity contribution in [1.29, 1.82) is 0 Å². The molecule has 1 aromatic carbocycles. The first-order chi connectivity index (χ1) is 9.22. The Balaban J connectivity index is 1.78. The zero-order chi connectivity index (χ0) is 13.2. The summed E-state index contributed by atoms with van der Waals surface area (Å²) in [6.07, 6.45) is 1.81. The number of aryl methyl sites for hydroxylation is 1. The normalized spacial score (nSPS) is 18.0. The maximum absolute atomic E-state index is 11.0. The number of carbonyl (C=O) groups is 1. The molecule has 1 aromatic heterocycles. The Kier molecular flexibility index (Phi) is 3.03. The van der Waals surface area contributed by atoms with Crippen LogP contribution >= 0.6 is 0 Å². The number of rotatable bonds is 3. The average molecular weight is 257 g/mol. The number of fused-ring (bicyclic) bond motifs is 1. The van der Waals surface area contributed by atoms with Crippen LogP contribution in [0.25, 0.3) is 0 Å². The van der Waals surface area contributed by atoms with Gasteiger partial charge >= 0.3 is 5.97 Å². The highest BCUT2D eigenvalue weighted by Gasteiger charge is 2.26. The van der Waals surface area contributed by atoms with Crippen molar-refractivity contribution in [3.05, 3.63) is 47.5 Å². The zero-order valence-corrected chi connectivity index (χ0v) is 10.5. The molecule has 1 atom stereocenters. The van der Waals surface area contributed by atoms with Crippen LogP contribution in [0.3, 0.4) is 0 Å². The van der Waals surface area contributed by atoms with Crippen LogP contribution < -0.4 is 0 Å². The molecule has 0 fully saturated rings. The van der Waals surface area contributed by atoms with Gasteiger partial charge in [-0.1, -0.05) is 30.3 Å². The molecule has 5 nitrogen and oxygen atoms in total. The van der Waals surface area contributed by atoms with Crippen LogP contribution in [0.15, 0.2) is 30.3 Å². The highest BCUT2D eigenvalue weighted by atomic mass is 16.4. The van der Waals surface area contributed by atoms with Crippen LogP contribution in [-0.2, 0) is 24.2 Å². The van der Waals surface area contributed by atoms with Gasteiger partial charge in [-0.05, 0) is 12.0 Å². The minimum atomic E-state index is -0.737. The van der Waals surface area contributed by atoms with Crippen molar-refractivity contribution < 1.29 is 9.90 Å². The van der Waals surface area contributed by atoms with E-state index in [1.807, 2.05) is 35.0 Å². The van der Waals surface area contributed by atoms with E-state index < -0.39 is 5.97 Å². The Bertz CT molecular complexity index is 592. The fourth-order valence-electron chi connectivity index (χ4n) is 2.42. The van der Waals surface area contributed by atoms with Gasteiger partial charge in [0.05, 0.1) is 5.92 Å². The van der Waals surface area contributed by atoms with Crippen molar-refractivity contribution >= 4 is 5.97 Å². The maximum Gasteiger partial charge on any atom is 0.307 e. The van der Waals surface area contributed by atoms with Gasteiger partial charge in [0.25, 0.3) is 0 Å². The van der Waals surface area contributed by atoms with Crippen LogP contribution in [0, 0.1) is 5.92 Å². The summed E-state index contributed by atoms with van der Waals surface area (Å²) in [5, 5.41) is 13.5. The van der Waals surface area contributed by atoms with Crippen LogP contribution in [0.5, 0.6) is 0 Å². The number of benzene rings is 1. The number of carboxylic acid groups (broad SMARTS) is 1. The summed E-state index contributed by atoms with van der Waals surface area (Å²) in [5.41, 5.74) is 1.17. The minimum Gasteiger partial charge on any atom is -0.481 e. The van der Waals surface area contributed by atoms with Crippen molar-refractivity contribution in [2.45, 2.75) is 25.8 Å². The second kappa shape index (κ2) is 4.84. The van der Waals surface area contributed by atoms with E-state index in [-0.39, 0.29) is 5.92 Å². The van der Waals surface area contributed by atoms with E-state index in [0.717, 1.165) is 11.6 Å². The van der Waals surface area contributed by atoms with Crippen LogP contribution in [0.2, 0.25) is 0 Å². The van der Waals surface area contributed by atoms with E-state index in [2.05, 4.69) is 10.1 Å². The average Bonchev–Trinajstić information content (AvgIpc) is 2.80. The highest BCUT2D eigenvalue weighted by Crippen LogP contribution is 2.19. The van der Waals surface area contributed by atoms with E-state index in [4.69, 9.17) is 5.11 Å². The largest absolute Gasteiger partial charge is 0.481 e. The summed E-state index contributed by atoms with van der Waals surface area (Å²) in [4.78, 5) is 15.5. The van der Waals surface area contributed by atoms with Crippen molar-refractivity contribution in [3.63, 3.8) is 0 Å². The molecule has 0 spiro atoms. The maximum atomic E-state index is 11.0. The second-order valence-corrected chi connectivity index (χ2v) is 4.86. The molecule has 19 heavy (non-hydrogen) atoms. The van der Waals surface area contributed by atoms with E-state index in [0.29, 0.717) is 25.8 Å². The van der Waals surface area contributed by atoms with E-state index in [9.17, 15) is 4.79 Å². The molecule has 0 saturated carbocycles. The Morgan fingerprint density at radius 2 is 2.16 bits per heavy atom. The Hall–Kier alpha value is -2.17. The molecular weight excluding hydrogens is 242 g/mol. The topological polar surface area (TPSA) is 68.0 Å². The molecule has 98 valence electrons. The summed E-state index contributed by atoms with van der Waals surface area (Å²) in [6, 6.07) is 10.0. The van der Waals surface area contributed by atoms with Gasteiger partial charge in [-0.15, -0.1) is 0 Å². The van der Waals surface area contributed by atoms with Gasteiger partial charge in [0, 0.05) is 19.4 Å². The van der Waals surface area contributed by atoms with Crippen LogP contribution in [0.4, 0.5) is 0 Å². The number of hydrogen-bond donors (Lipinski definition) is 1. The number of nitrogens with zero attached hydrogens (tertiary/aromatic N) is 3. The first-order valence-electron chi connectivity index (χ1n) is 6.41. The third-order valence-electron chi connectivity index (χ3n) is 3.46. The minimum absolute atomic E-state index is 0.318. The fraction of sp³-hybridized carbons (Fsp3) is 0.357. The number of aromatic nitrogens is 3. The van der Waals surface area contributed by atoms with Crippen molar-refractivity contribution in [2.75, 3.05) is 0 Å². The SMILES string of the molecule is O=C(O)C1CCn2nc(Cc3ccccc3)nc2C1. The molecule has 0 radical (unpaired) electrons. The lowest BCUT2D eigenvalue weighted by molar-refractivity contribution is -0.142. The van der Waals surface area contributed by atoms with Gasteiger partial charge < -0.3 is 5.11 Å². The van der Waals surface area contributed by atoms with Crippen LogP contribution in [0.1, 0.15) is 23.6 Å². The third kappa shape index (κ3) is 2.50. The molecule has 2 heterocycles. The van der Waals surface area contributed by atoms with Gasteiger partial charge in [0.15, 0.2) is 5.82 Å². The second-order valence-electron chi connectivity index (χ2n) is 4.86. The van der Waals surface area contributed by atoms with Gasteiger partial charge in [0.2, 0.25) is 0 Å². The summed E-state index contributed by atoms with van der Waals surface area (Å²) < 4.78 is 1.84. The van der Waals surface area contributed by atoms with Gasteiger partial charge in [0.1, 0.15) is 5.82 Å². The molecule has 1 aliphatic rings. The zero-order valence-electron chi connectivity index (χ0n) is 10.5. The van der Waals surface area contributed by atoms with E-state index in [1.165, 1.54) is 5.56 Å².